The SMILES string of the molecule is O=C(CSc1ccncc1)c1ccc(Cl)cc1. The van der Waals surface area contributed by atoms with Crippen LogP contribution in [0.2, 0.25) is 5.02 Å². The maximum Gasteiger partial charge on any atom is 0.173 e. The molecule has 4 heteroatoms. The molecule has 1 heterocycles. The van der Waals surface area contributed by atoms with Crippen LogP contribution in [-0.4, -0.2) is 16.5 Å². The molecule has 86 valence electrons. The van der Waals surface area contributed by atoms with Gasteiger partial charge in [-0.3, -0.25) is 9.78 Å². The van der Waals surface area contributed by atoms with Gasteiger partial charge in [-0.15, -0.1) is 11.8 Å². The summed E-state index contributed by atoms with van der Waals surface area (Å²) < 4.78 is 0. The van der Waals surface area contributed by atoms with Gasteiger partial charge in [0.1, 0.15) is 0 Å². The summed E-state index contributed by atoms with van der Waals surface area (Å²) in [6.45, 7) is 0. The fraction of sp³-hybridized carbons (Fsp3) is 0.0769. The van der Waals surface area contributed by atoms with Gasteiger partial charge in [-0.2, -0.15) is 0 Å². The van der Waals surface area contributed by atoms with Crippen molar-refractivity contribution in [2.75, 3.05) is 5.75 Å². The third-order valence-corrected chi connectivity index (χ3v) is 3.45. The number of pyridine rings is 1. The first-order valence-corrected chi connectivity index (χ1v) is 6.43. The fourth-order valence-electron chi connectivity index (χ4n) is 1.30. The summed E-state index contributed by atoms with van der Waals surface area (Å²) in [5.74, 6) is 0.523. The molecule has 0 N–H and O–H groups in total. The second-order valence-electron chi connectivity index (χ2n) is 3.40. The van der Waals surface area contributed by atoms with Gasteiger partial charge in [0.05, 0.1) is 5.75 Å². The molecule has 17 heavy (non-hydrogen) atoms. The molecule has 0 unspecified atom stereocenters. The third-order valence-electron chi connectivity index (χ3n) is 2.19. The lowest BCUT2D eigenvalue weighted by atomic mass is 10.1. The Morgan fingerprint density at radius 1 is 1.12 bits per heavy atom. The highest BCUT2D eigenvalue weighted by atomic mass is 35.5. The van der Waals surface area contributed by atoms with Gasteiger partial charge in [0.2, 0.25) is 0 Å². The van der Waals surface area contributed by atoms with Crippen LogP contribution in [0.1, 0.15) is 10.4 Å². The second kappa shape index (κ2) is 5.84. The molecule has 0 radical (unpaired) electrons. The van der Waals surface area contributed by atoms with E-state index in [9.17, 15) is 4.79 Å². The lowest BCUT2D eigenvalue weighted by molar-refractivity contribution is 0.102. The molecular formula is C13H10ClNOS. The quantitative estimate of drug-likeness (QED) is 0.622. The van der Waals surface area contributed by atoms with Crippen LogP contribution in [0, 0.1) is 0 Å². The molecule has 0 saturated heterocycles. The van der Waals surface area contributed by atoms with Gasteiger partial charge in [0.25, 0.3) is 0 Å². The van der Waals surface area contributed by atoms with Crippen molar-refractivity contribution in [1.29, 1.82) is 0 Å². The van der Waals surface area contributed by atoms with Gasteiger partial charge in [-0.1, -0.05) is 11.6 Å². The lowest BCUT2D eigenvalue weighted by Gasteiger charge is -2.01. The van der Waals surface area contributed by atoms with Gasteiger partial charge >= 0.3 is 0 Å². The van der Waals surface area contributed by atoms with Crippen molar-refractivity contribution in [2.24, 2.45) is 0 Å². The standard InChI is InChI=1S/C13H10ClNOS/c14-11-3-1-10(2-4-11)13(16)9-17-12-5-7-15-8-6-12/h1-8H,9H2. The monoisotopic (exact) mass is 263 g/mol. The Kier molecular flexibility index (Phi) is 4.18. The number of halogens is 1. The second-order valence-corrected chi connectivity index (χ2v) is 4.89. The molecule has 0 amide bonds. The largest absolute Gasteiger partial charge is 0.293 e. The number of carbonyl (C=O) groups excluding carboxylic acids is 1. The minimum absolute atomic E-state index is 0.100. The molecule has 2 aromatic rings. The van der Waals surface area contributed by atoms with E-state index in [-0.39, 0.29) is 5.78 Å². The molecule has 1 aromatic heterocycles. The molecule has 2 nitrogen and oxygen atoms in total. The van der Waals surface area contributed by atoms with Gasteiger partial charge in [0.15, 0.2) is 5.78 Å². The highest BCUT2D eigenvalue weighted by molar-refractivity contribution is 8.00. The number of rotatable bonds is 4. The highest BCUT2D eigenvalue weighted by Gasteiger charge is 2.06. The molecule has 0 saturated carbocycles. The molecule has 0 spiro atoms. The predicted octanol–water partition coefficient (Wildman–Crippen LogP) is 3.71. The number of nitrogens with zero attached hydrogens (tertiary/aromatic N) is 1. The van der Waals surface area contributed by atoms with Crippen molar-refractivity contribution in [2.45, 2.75) is 4.90 Å². The summed E-state index contributed by atoms with van der Waals surface area (Å²) in [6, 6.07) is 10.7. The molecule has 0 atom stereocenters. The van der Waals surface area contributed by atoms with Crippen LogP contribution in [-0.2, 0) is 0 Å². The maximum absolute atomic E-state index is 11.8. The molecule has 0 bridgehead atoms. The average Bonchev–Trinajstić information content (AvgIpc) is 2.38. The zero-order valence-corrected chi connectivity index (χ0v) is 10.5. The van der Waals surface area contributed by atoms with E-state index >= 15 is 0 Å². The van der Waals surface area contributed by atoms with Crippen LogP contribution in [0.5, 0.6) is 0 Å². The van der Waals surface area contributed by atoms with E-state index in [1.54, 1.807) is 36.7 Å². The fourth-order valence-corrected chi connectivity index (χ4v) is 2.21. The zero-order chi connectivity index (χ0) is 12.1. The Hall–Kier alpha value is -1.32. The molecule has 0 fully saturated rings. The number of benzene rings is 1. The number of Topliss-reactive ketones (excluding diaryl/α,β-unsaturated/α-hetero) is 1. The lowest BCUT2D eigenvalue weighted by Crippen LogP contribution is -2.01. The maximum atomic E-state index is 11.8. The Labute approximate surface area is 109 Å². The first-order valence-electron chi connectivity index (χ1n) is 5.07. The summed E-state index contributed by atoms with van der Waals surface area (Å²) in [5, 5.41) is 0.642. The summed E-state index contributed by atoms with van der Waals surface area (Å²) in [4.78, 5) is 16.8. The van der Waals surface area contributed by atoms with E-state index in [0.717, 1.165) is 4.90 Å². The van der Waals surface area contributed by atoms with Crippen LogP contribution < -0.4 is 0 Å². The number of aromatic nitrogens is 1. The van der Waals surface area contributed by atoms with Gasteiger partial charge in [0, 0.05) is 27.9 Å². The topological polar surface area (TPSA) is 30.0 Å². The summed E-state index contributed by atoms with van der Waals surface area (Å²) in [5.41, 5.74) is 0.691. The predicted molar refractivity (Wildman–Crippen MR) is 70.7 cm³/mol. The van der Waals surface area contributed by atoms with Crippen molar-refractivity contribution in [3.8, 4) is 0 Å². The minimum atomic E-state index is 0.100. The number of carbonyl (C=O) groups is 1. The van der Waals surface area contributed by atoms with Crippen LogP contribution in [0.3, 0.4) is 0 Å². The first kappa shape index (κ1) is 12.1. The zero-order valence-electron chi connectivity index (χ0n) is 8.97. The van der Waals surface area contributed by atoms with Crippen LogP contribution in [0.15, 0.2) is 53.7 Å². The van der Waals surface area contributed by atoms with E-state index in [1.165, 1.54) is 11.8 Å². The van der Waals surface area contributed by atoms with E-state index in [4.69, 9.17) is 11.6 Å². The number of hydrogen-bond donors (Lipinski definition) is 0. The molecule has 0 aliphatic heterocycles. The molecule has 0 aliphatic carbocycles. The molecule has 0 aliphatic rings. The van der Waals surface area contributed by atoms with E-state index in [1.807, 2.05) is 12.1 Å². The summed E-state index contributed by atoms with van der Waals surface area (Å²) in [7, 11) is 0. The highest BCUT2D eigenvalue weighted by Crippen LogP contribution is 2.18. The van der Waals surface area contributed by atoms with Crippen molar-refractivity contribution >= 4 is 29.1 Å². The van der Waals surface area contributed by atoms with Crippen molar-refractivity contribution in [1.82, 2.24) is 4.98 Å². The van der Waals surface area contributed by atoms with Crippen LogP contribution >= 0.6 is 23.4 Å². The van der Waals surface area contributed by atoms with E-state index < -0.39 is 0 Å². The van der Waals surface area contributed by atoms with Crippen molar-refractivity contribution in [3.05, 3.63) is 59.4 Å². The smallest absolute Gasteiger partial charge is 0.173 e. The summed E-state index contributed by atoms with van der Waals surface area (Å²) >= 11 is 7.27. The average molecular weight is 264 g/mol. The molecule has 2 rings (SSSR count). The number of ketones is 1. The Morgan fingerprint density at radius 2 is 1.76 bits per heavy atom. The van der Waals surface area contributed by atoms with Crippen LogP contribution in [0.25, 0.3) is 0 Å². The number of hydrogen-bond acceptors (Lipinski definition) is 3. The Morgan fingerprint density at radius 3 is 2.41 bits per heavy atom. The first-order chi connectivity index (χ1) is 8.25. The van der Waals surface area contributed by atoms with Gasteiger partial charge < -0.3 is 0 Å². The Balaban J connectivity index is 1.96. The van der Waals surface area contributed by atoms with E-state index in [0.29, 0.717) is 16.3 Å². The third kappa shape index (κ3) is 3.58. The van der Waals surface area contributed by atoms with Gasteiger partial charge in [-0.25, -0.2) is 0 Å². The molecule has 1 aromatic carbocycles. The summed E-state index contributed by atoms with van der Waals surface area (Å²) in [6.07, 6.45) is 3.43. The van der Waals surface area contributed by atoms with Crippen molar-refractivity contribution in [3.63, 3.8) is 0 Å². The van der Waals surface area contributed by atoms with Gasteiger partial charge in [-0.05, 0) is 36.4 Å². The normalized spacial score (nSPS) is 10.2. The van der Waals surface area contributed by atoms with Crippen LogP contribution in [0.4, 0.5) is 0 Å². The van der Waals surface area contributed by atoms with E-state index in [2.05, 4.69) is 4.98 Å². The van der Waals surface area contributed by atoms with Crippen molar-refractivity contribution < 1.29 is 4.79 Å². The Bertz CT molecular complexity index is 499. The number of thioether (sulfide) groups is 1. The molecular weight excluding hydrogens is 254 g/mol. The minimum Gasteiger partial charge on any atom is -0.293 e.